The molecule has 2 aromatic rings. The zero-order valence-corrected chi connectivity index (χ0v) is 23.0. The zero-order chi connectivity index (χ0) is 27.0. The lowest BCUT2D eigenvalue weighted by molar-refractivity contribution is -0.141. The fraction of sp³-hybridized carbons (Fsp3) is 0.462. The number of nitrogens with zero attached hydrogens (tertiary/aromatic N) is 2. The SMILES string of the molecule is CC[C@@H](C)NC(=O)[C@H](C)N(Cc1ccccc1F)C(=O)CCCN(c1cccc(Cl)c1C)S(C)(=O)=O. The summed E-state index contributed by atoms with van der Waals surface area (Å²) < 4.78 is 40.6. The Hall–Kier alpha value is -2.65. The Morgan fingerprint density at radius 3 is 2.39 bits per heavy atom. The molecule has 2 rings (SSSR count). The van der Waals surface area contributed by atoms with Crippen LogP contribution in [0.5, 0.6) is 0 Å². The molecule has 198 valence electrons. The van der Waals surface area contributed by atoms with Gasteiger partial charge in [0.1, 0.15) is 11.9 Å². The molecule has 36 heavy (non-hydrogen) atoms. The standard InChI is InChI=1S/C26H35ClFN3O4S/c1-6-18(2)29-26(33)20(4)30(17-21-11-7-8-13-23(21)28)25(32)15-10-16-31(36(5,34)35)24-14-9-12-22(27)19(24)3/h7-9,11-14,18,20H,6,10,15-17H2,1-5H3,(H,29,33)/t18-,20+/m1/s1. The van der Waals surface area contributed by atoms with Crippen LogP contribution in [0, 0.1) is 12.7 Å². The summed E-state index contributed by atoms with van der Waals surface area (Å²) in [4.78, 5) is 27.4. The summed E-state index contributed by atoms with van der Waals surface area (Å²) in [5.74, 6) is -1.17. The van der Waals surface area contributed by atoms with Crippen molar-refractivity contribution in [2.45, 2.75) is 65.6 Å². The molecule has 0 bridgehead atoms. The number of halogens is 2. The van der Waals surface area contributed by atoms with Gasteiger partial charge in [0.05, 0.1) is 11.9 Å². The lowest BCUT2D eigenvalue weighted by Gasteiger charge is -2.30. The average molecular weight is 540 g/mol. The van der Waals surface area contributed by atoms with Gasteiger partial charge in [0, 0.05) is 36.1 Å². The van der Waals surface area contributed by atoms with Gasteiger partial charge >= 0.3 is 0 Å². The Labute approximate surface area is 218 Å². The monoisotopic (exact) mass is 539 g/mol. The van der Waals surface area contributed by atoms with Crippen LogP contribution >= 0.6 is 11.6 Å². The van der Waals surface area contributed by atoms with Crippen molar-refractivity contribution in [1.82, 2.24) is 10.2 Å². The molecule has 0 aliphatic heterocycles. The van der Waals surface area contributed by atoms with E-state index in [0.717, 1.165) is 12.7 Å². The third-order valence-corrected chi connectivity index (χ3v) is 7.72. The minimum Gasteiger partial charge on any atom is -0.352 e. The average Bonchev–Trinajstić information content (AvgIpc) is 2.82. The lowest BCUT2D eigenvalue weighted by Crippen LogP contribution is -2.49. The summed E-state index contributed by atoms with van der Waals surface area (Å²) in [7, 11) is -3.64. The van der Waals surface area contributed by atoms with Crippen LogP contribution in [0.1, 0.15) is 51.2 Å². The highest BCUT2D eigenvalue weighted by Gasteiger charge is 2.28. The van der Waals surface area contributed by atoms with Crippen molar-refractivity contribution in [2.75, 3.05) is 17.1 Å². The molecule has 2 amide bonds. The number of nitrogens with one attached hydrogen (secondary N) is 1. The Morgan fingerprint density at radius 1 is 1.11 bits per heavy atom. The molecular formula is C26H35ClFN3O4S. The van der Waals surface area contributed by atoms with E-state index in [4.69, 9.17) is 11.6 Å². The van der Waals surface area contributed by atoms with E-state index in [1.54, 1.807) is 50.2 Å². The number of hydrogen-bond acceptors (Lipinski definition) is 4. The molecule has 0 aromatic heterocycles. The largest absolute Gasteiger partial charge is 0.352 e. The van der Waals surface area contributed by atoms with Crippen LogP contribution in [0.25, 0.3) is 0 Å². The van der Waals surface area contributed by atoms with Crippen molar-refractivity contribution in [3.8, 4) is 0 Å². The number of rotatable bonds is 12. The van der Waals surface area contributed by atoms with Gasteiger partial charge in [-0.15, -0.1) is 0 Å². The molecule has 0 radical (unpaired) electrons. The smallest absolute Gasteiger partial charge is 0.242 e. The molecule has 0 aliphatic carbocycles. The van der Waals surface area contributed by atoms with E-state index >= 15 is 0 Å². The first-order valence-corrected chi connectivity index (χ1v) is 14.2. The van der Waals surface area contributed by atoms with Crippen LogP contribution in [0.3, 0.4) is 0 Å². The molecule has 10 heteroatoms. The third-order valence-electron chi connectivity index (χ3n) is 6.13. The zero-order valence-electron chi connectivity index (χ0n) is 21.4. The second-order valence-corrected chi connectivity index (χ2v) is 11.2. The van der Waals surface area contributed by atoms with E-state index in [0.29, 0.717) is 21.8 Å². The minimum atomic E-state index is -3.64. The van der Waals surface area contributed by atoms with Gasteiger partial charge in [-0.3, -0.25) is 13.9 Å². The molecule has 7 nitrogen and oxygen atoms in total. The van der Waals surface area contributed by atoms with Gasteiger partial charge in [-0.2, -0.15) is 0 Å². The van der Waals surface area contributed by atoms with E-state index in [1.165, 1.54) is 15.3 Å². The second-order valence-electron chi connectivity index (χ2n) is 8.93. The number of amides is 2. The predicted molar refractivity (Wildman–Crippen MR) is 142 cm³/mol. The Bertz CT molecular complexity index is 1180. The normalized spacial score (nSPS) is 13.1. The van der Waals surface area contributed by atoms with Crippen LogP contribution in [-0.2, 0) is 26.2 Å². The molecule has 0 aliphatic rings. The molecule has 0 saturated carbocycles. The summed E-state index contributed by atoms with van der Waals surface area (Å²) >= 11 is 6.18. The first-order valence-electron chi connectivity index (χ1n) is 11.9. The summed E-state index contributed by atoms with van der Waals surface area (Å²) in [5, 5.41) is 3.30. The van der Waals surface area contributed by atoms with Gasteiger partial charge in [0.15, 0.2) is 0 Å². The number of hydrogen-bond donors (Lipinski definition) is 1. The number of sulfonamides is 1. The van der Waals surface area contributed by atoms with Crippen molar-refractivity contribution in [1.29, 1.82) is 0 Å². The highest BCUT2D eigenvalue weighted by atomic mass is 35.5. The fourth-order valence-corrected chi connectivity index (χ4v) is 4.89. The summed E-state index contributed by atoms with van der Waals surface area (Å²) in [5.41, 5.74) is 1.36. The molecule has 2 atom stereocenters. The molecule has 0 heterocycles. The molecule has 2 aromatic carbocycles. The number of anilines is 1. The number of carbonyl (C=O) groups excluding carboxylic acids is 2. The van der Waals surface area contributed by atoms with Crippen molar-refractivity contribution >= 4 is 39.1 Å². The first-order chi connectivity index (χ1) is 16.9. The second kappa shape index (κ2) is 13.1. The fourth-order valence-electron chi connectivity index (χ4n) is 3.71. The minimum absolute atomic E-state index is 0.0267. The van der Waals surface area contributed by atoms with E-state index in [9.17, 15) is 22.4 Å². The highest BCUT2D eigenvalue weighted by Crippen LogP contribution is 2.28. The molecular weight excluding hydrogens is 505 g/mol. The van der Waals surface area contributed by atoms with Crippen LogP contribution in [0.4, 0.5) is 10.1 Å². The van der Waals surface area contributed by atoms with Crippen molar-refractivity contribution in [2.24, 2.45) is 0 Å². The van der Waals surface area contributed by atoms with E-state index < -0.39 is 21.9 Å². The Morgan fingerprint density at radius 2 is 1.78 bits per heavy atom. The van der Waals surface area contributed by atoms with Crippen LogP contribution in [0.15, 0.2) is 42.5 Å². The Kier molecular flexibility index (Phi) is 10.7. The third kappa shape index (κ3) is 7.93. The summed E-state index contributed by atoms with van der Waals surface area (Å²) in [6, 6.07) is 10.2. The van der Waals surface area contributed by atoms with Crippen molar-refractivity contribution in [3.63, 3.8) is 0 Å². The van der Waals surface area contributed by atoms with E-state index in [-0.39, 0.29) is 43.8 Å². The molecule has 0 spiro atoms. The van der Waals surface area contributed by atoms with E-state index in [1.807, 2.05) is 13.8 Å². The topological polar surface area (TPSA) is 86.8 Å². The molecule has 1 N–H and O–H groups in total. The maximum atomic E-state index is 14.4. The van der Waals surface area contributed by atoms with Gasteiger partial charge in [0.25, 0.3) is 0 Å². The van der Waals surface area contributed by atoms with E-state index in [2.05, 4.69) is 5.32 Å². The van der Waals surface area contributed by atoms with Gasteiger partial charge in [0.2, 0.25) is 21.8 Å². The number of benzene rings is 2. The maximum absolute atomic E-state index is 14.4. The summed E-state index contributed by atoms with van der Waals surface area (Å²) in [6.45, 7) is 7.11. The highest BCUT2D eigenvalue weighted by molar-refractivity contribution is 7.92. The first kappa shape index (κ1) is 29.6. The van der Waals surface area contributed by atoms with Gasteiger partial charge in [-0.25, -0.2) is 12.8 Å². The quantitative estimate of drug-likeness (QED) is 0.425. The molecule has 0 unspecified atom stereocenters. The van der Waals surface area contributed by atoms with Crippen molar-refractivity contribution in [3.05, 3.63) is 64.4 Å². The maximum Gasteiger partial charge on any atom is 0.242 e. The van der Waals surface area contributed by atoms with Gasteiger partial charge in [-0.05, 0) is 57.4 Å². The van der Waals surface area contributed by atoms with Gasteiger partial charge in [-0.1, -0.05) is 42.8 Å². The van der Waals surface area contributed by atoms with Crippen LogP contribution < -0.4 is 9.62 Å². The molecule has 0 saturated heterocycles. The molecule has 0 fully saturated rings. The summed E-state index contributed by atoms with van der Waals surface area (Å²) in [6.07, 6.45) is 2.00. The Balaban J connectivity index is 2.22. The van der Waals surface area contributed by atoms with Crippen molar-refractivity contribution < 1.29 is 22.4 Å². The van der Waals surface area contributed by atoms with Gasteiger partial charge < -0.3 is 10.2 Å². The van der Waals surface area contributed by atoms with Crippen LogP contribution in [0.2, 0.25) is 5.02 Å². The number of carbonyl (C=O) groups is 2. The van der Waals surface area contributed by atoms with Crippen LogP contribution in [-0.4, -0.2) is 50.0 Å². The predicted octanol–water partition coefficient (Wildman–Crippen LogP) is 4.67. The lowest BCUT2D eigenvalue weighted by atomic mass is 10.1.